The molecule has 1 aliphatic rings. The van der Waals surface area contributed by atoms with E-state index in [1.54, 1.807) is 6.07 Å². The van der Waals surface area contributed by atoms with Crippen molar-refractivity contribution in [2.75, 3.05) is 6.61 Å². The number of ether oxygens (including phenoxy) is 1. The van der Waals surface area contributed by atoms with Crippen molar-refractivity contribution in [3.05, 3.63) is 64.7 Å². The number of para-hydroxylation sites is 1. The maximum absolute atomic E-state index is 13.2. The van der Waals surface area contributed by atoms with Crippen molar-refractivity contribution in [3.8, 4) is 11.3 Å². The van der Waals surface area contributed by atoms with Crippen molar-refractivity contribution in [2.24, 2.45) is 11.8 Å². The summed E-state index contributed by atoms with van der Waals surface area (Å²) in [6.07, 6.45) is 3.25. The summed E-state index contributed by atoms with van der Waals surface area (Å²) in [5, 5.41) is 4.34. The van der Waals surface area contributed by atoms with Gasteiger partial charge in [-0.2, -0.15) is 0 Å². The van der Waals surface area contributed by atoms with E-state index in [2.05, 4.69) is 19.2 Å². The molecule has 0 saturated heterocycles. The Morgan fingerprint density at radius 1 is 1.12 bits per heavy atom. The van der Waals surface area contributed by atoms with Gasteiger partial charge in [0.05, 0.1) is 16.8 Å². The van der Waals surface area contributed by atoms with Gasteiger partial charge in [0.2, 0.25) is 0 Å². The fraction of sp³-hybridized carbons (Fsp3) is 0.370. The van der Waals surface area contributed by atoms with Crippen molar-refractivity contribution in [3.63, 3.8) is 0 Å². The number of carbonyl (C=O) groups excluding carboxylic acids is 2. The molecule has 2 aromatic carbocycles. The highest BCUT2D eigenvalue weighted by Crippen LogP contribution is 2.32. The molecule has 0 bridgehead atoms. The molecule has 3 aromatic rings. The summed E-state index contributed by atoms with van der Waals surface area (Å²) in [4.78, 5) is 30.5. The topological polar surface area (TPSA) is 68.3 Å². The summed E-state index contributed by atoms with van der Waals surface area (Å²) < 4.78 is 5.49. The molecule has 0 radical (unpaired) electrons. The number of nitrogens with one attached hydrogen (secondary N) is 1. The second-order valence-electron chi connectivity index (χ2n) is 9.01. The maximum atomic E-state index is 13.2. The molecule has 0 aliphatic heterocycles. The van der Waals surface area contributed by atoms with Gasteiger partial charge in [0.1, 0.15) is 0 Å². The van der Waals surface area contributed by atoms with Crippen LogP contribution >= 0.6 is 11.6 Å². The van der Waals surface area contributed by atoms with Crippen LogP contribution in [0.2, 0.25) is 5.02 Å². The van der Waals surface area contributed by atoms with Crippen LogP contribution in [0.4, 0.5) is 0 Å². The number of amides is 1. The predicted molar refractivity (Wildman–Crippen MR) is 131 cm³/mol. The van der Waals surface area contributed by atoms with E-state index in [4.69, 9.17) is 21.3 Å². The van der Waals surface area contributed by atoms with Crippen LogP contribution < -0.4 is 5.32 Å². The Morgan fingerprint density at radius 3 is 2.70 bits per heavy atom. The standard InChI is InChI=1S/C27H29ClN2O3/c1-16-8-6-13-22(17(16)2)29-24(31)15-33-27(32)25-18(3)26(19-9-7-10-20(28)14-19)30-23-12-5-4-11-21(23)25/h4-5,7,9-12,14,16-17,22H,6,8,13,15H2,1-3H3,(H,29,31)/t16-,17+,22+/m0/s1. The zero-order chi connectivity index (χ0) is 23.5. The van der Waals surface area contributed by atoms with Crippen LogP contribution in [-0.2, 0) is 9.53 Å². The highest BCUT2D eigenvalue weighted by Gasteiger charge is 2.28. The average molecular weight is 465 g/mol. The molecular weight excluding hydrogens is 436 g/mol. The Morgan fingerprint density at radius 2 is 1.91 bits per heavy atom. The monoisotopic (exact) mass is 464 g/mol. The highest BCUT2D eigenvalue weighted by atomic mass is 35.5. The van der Waals surface area contributed by atoms with Crippen LogP contribution in [0.1, 0.15) is 49.0 Å². The lowest BCUT2D eigenvalue weighted by molar-refractivity contribution is -0.125. The summed E-state index contributed by atoms with van der Waals surface area (Å²) in [5.74, 6) is 0.183. The summed E-state index contributed by atoms with van der Waals surface area (Å²) in [6, 6.07) is 14.9. The van der Waals surface area contributed by atoms with Crippen molar-refractivity contribution < 1.29 is 14.3 Å². The summed E-state index contributed by atoms with van der Waals surface area (Å²) >= 11 is 6.19. The number of fused-ring (bicyclic) bond motifs is 1. The molecular formula is C27H29ClN2O3. The van der Waals surface area contributed by atoms with Crippen LogP contribution in [0.5, 0.6) is 0 Å². The molecule has 1 N–H and O–H groups in total. The number of aromatic nitrogens is 1. The van der Waals surface area contributed by atoms with Gasteiger partial charge < -0.3 is 10.1 Å². The summed E-state index contributed by atoms with van der Waals surface area (Å²) in [5.41, 5.74) is 3.27. The SMILES string of the molecule is Cc1c(-c2cccc(Cl)c2)nc2ccccc2c1C(=O)OCC(=O)N[C@@H]1CCC[C@H](C)[C@H]1C. The summed E-state index contributed by atoms with van der Waals surface area (Å²) in [7, 11) is 0. The number of halogens is 1. The first-order valence-electron chi connectivity index (χ1n) is 11.5. The lowest BCUT2D eigenvalue weighted by atomic mass is 9.78. The lowest BCUT2D eigenvalue weighted by Gasteiger charge is -2.34. The van der Waals surface area contributed by atoms with Gasteiger partial charge >= 0.3 is 5.97 Å². The Bertz CT molecular complexity index is 1190. The Kier molecular flexibility index (Phi) is 6.99. The Balaban J connectivity index is 1.57. The van der Waals surface area contributed by atoms with Crippen molar-refractivity contribution in [1.82, 2.24) is 10.3 Å². The van der Waals surface area contributed by atoms with Crippen LogP contribution in [0.15, 0.2) is 48.5 Å². The fourth-order valence-electron chi connectivity index (χ4n) is 4.72. The summed E-state index contributed by atoms with van der Waals surface area (Å²) in [6.45, 7) is 5.93. The van der Waals surface area contributed by atoms with Crippen molar-refractivity contribution >= 4 is 34.4 Å². The number of hydrogen-bond acceptors (Lipinski definition) is 4. The second kappa shape index (κ2) is 9.92. The highest BCUT2D eigenvalue weighted by molar-refractivity contribution is 6.30. The molecule has 1 aliphatic carbocycles. The van der Waals surface area contributed by atoms with E-state index in [0.717, 1.165) is 18.4 Å². The molecule has 5 nitrogen and oxygen atoms in total. The van der Waals surface area contributed by atoms with Gasteiger partial charge in [-0.05, 0) is 48.9 Å². The van der Waals surface area contributed by atoms with E-state index in [9.17, 15) is 9.59 Å². The molecule has 172 valence electrons. The first kappa shape index (κ1) is 23.2. The Labute approximate surface area is 199 Å². The van der Waals surface area contributed by atoms with Crippen LogP contribution in [0, 0.1) is 18.8 Å². The number of esters is 1. The predicted octanol–water partition coefficient (Wildman–Crippen LogP) is 5.96. The number of carbonyl (C=O) groups is 2. The molecule has 0 spiro atoms. The lowest BCUT2D eigenvalue weighted by Crippen LogP contribution is -2.45. The smallest absolute Gasteiger partial charge is 0.339 e. The molecule has 6 heteroatoms. The fourth-order valence-corrected chi connectivity index (χ4v) is 4.91. The van der Waals surface area contributed by atoms with E-state index < -0.39 is 5.97 Å². The minimum atomic E-state index is -0.533. The molecule has 33 heavy (non-hydrogen) atoms. The second-order valence-corrected chi connectivity index (χ2v) is 9.44. The van der Waals surface area contributed by atoms with E-state index in [1.165, 1.54) is 6.42 Å². The third-order valence-electron chi connectivity index (χ3n) is 6.83. The normalized spacial score (nSPS) is 20.4. The van der Waals surface area contributed by atoms with Gasteiger partial charge in [0.15, 0.2) is 6.61 Å². The van der Waals surface area contributed by atoms with E-state index in [-0.39, 0.29) is 18.6 Å². The maximum Gasteiger partial charge on any atom is 0.339 e. The van der Waals surface area contributed by atoms with Crippen LogP contribution in [0.25, 0.3) is 22.2 Å². The third kappa shape index (κ3) is 5.03. The minimum absolute atomic E-state index is 0.123. The van der Waals surface area contributed by atoms with Gasteiger partial charge in [0.25, 0.3) is 5.91 Å². The first-order chi connectivity index (χ1) is 15.8. The van der Waals surface area contributed by atoms with Gasteiger partial charge in [-0.1, -0.05) is 68.6 Å². The molecule has 1 saturated carbocycles. The van der Waals surface area contributed by atoms with Gasteiger partial charge in [-0.3, -0.25) is 4.79 Å². The third-order valence-corrected chi connectivity index (χ3v) is 7.06. The molecule has 1 heterocycles. The molecule has 0 unspecified atom stereocenters. The number of nitrogens with zero attached hydrogens (tertiary/aromatic N) is 1. The van der Waals surface area contributed by atoms with Gasteiger partial charge in [-0.15, -0.1) is 0 Å². The van der Waals surface area contributed by atoms with Crippen LogP contribution in [-0.4, -0.2) is 29.5 Å². The number of rotatable bonds is 5. The average Bonchev–Trinajstić information content (AvgIpc) is 2.80. The molecule has 1 amide bonds. The first-order valence-corrected chi connectivity index (χ1v) is 11.8. The molecule has 3 atom stereocenters. The van der Waals surface area contributed by atoms with Gasteiger partial charge in [-0.25, -0.2) is 9.78 Å². The zero-order valence-electron chi connectivity index (χ0n) is 19.2. The molecule has 4 rings (SSSR count). The van der Waals surface area contributed by atoms with Crippen molar-refractivity contribution in [1.29, 1.82) is 0 Å². The quantitative estimate of drug-likeness (QED) is 0.473. The number of hydrogen-bond donors (Lipinski definition) is 1. The van der Waals surface area contributed by atoms with Crippen LogP contribution in [0.3, 0.4) is 0 Å². The van der Waals surface area contributed by atoms with E-state index in [1.807, 2.05) is 49.4 Å². The molecule has 1 fully saturated rings. The Hall–Kier alpha value is -2.92. The largest absolute Gasteiger partial charge is 0.452 e. The van der Waals surface area contributed by atoms with E-state index >= 15 is 0 Å². The van der Waals surface area contributed by atoms with E-state index in [0.29, 0.717) is 44.6 Å². The minimum Gasteiger partial charge on any atom is -0.452 e. The van der Waals surface area contributed by atoms with Crippen molar-refractivity contribution in [2.45, 2.75) is 46.1 Å². The van der Waals surface area contributed by atoms with Gasteiger partial charge in [0, 0.05) is 22.0 Å². The number of pyridine rings is 1. The molecule has 1 aromatic heterocycles. The zero-order valence-corrected chi connectivity index (χ0v) is 20.0. The number of benzene rings is 2.